The van der Waals surface area contributed by atoms with Gasteiger partial charge in [0.05, 0.1) is 16.1 Å². The van der Waals surface area contributed by atoms with Crippen molar-refractivity contribution in [2.45, 2.75) is 39.3 Å². The third-order valence-corrected chi connectivity index (χ3v) is 11.3. The molecule has 0 radical (unpaired) electrons. The maximum Gasteiger partial charge on any atom is 0.0682 e. The van der Waals surface area contributed by atoms with Crippen LogP contribution in [0.4, 0.5) is 0 Å². The van der Waals surface area contributed by atoms with Crippen molar-refractivity contribution in [2.75, 3.05) is 0 Å². The second kappa shape index (κ2) is 4.39. The highest BCUT2D eigenvalue weighted by Crippen LogP contribution is 2.28. The third kappa shape index (κ3) is 3.74. The van der Waals surface area contributed by atoms with E-state index in [4.69, 9.17) is 0 Å². The van der Waals surface area contributed by atoms with Gasteiger partial charge in [-0.05, 0) is 11.4 Å². The molecular weight excluding hydrogens is 232 g/mol. The zero-order valence-corrected chi connectivity index (χ0v) is 13.5. The van der Waals surface area contributed by atoms with Crippen LogP contribution in [-0.4, -0.2) is 16.1 Å². The topological polar surface area (TPSA) is 0 Å². The molecule has 0 nitrogen and oxygen atoms in total. The molecule has 0 N–H and O–H groups in total. The van der Waals surface area contributed by atoms with Gasteiger partial charge >= 0.3 is 0 Å². The Labute approximate surface area is 100 Å². The van der Waals surface area contributed by atoms with E-state index in [0.29, 0.717) is 0 Å². The zero-order valence-electron chi connectivity index (χ0n) is 10.7. The number of rotatable bonds is 3. The monoisotopic (exact) mass is 254 g/mol. The fourth-order valence-corrected chi connectivity index (χ4v) is 13.1. The zero-order chi connectivity index (χ0) is 11.7. The van der Waals surface area contributed by atoms with Gasteiger partial charge in [0.15, 0.2) is 0 Å². The van der Waals surface area contributed by atoms with Crippen LogP contribution in [0.5, 0.6) is 0 Å². The van der Waals surface area contributed by atoms with E-state index >= 15 is 0 Å². The molecule has 0 aliphatic carbocycles. The van der Waals surface area contributed by atoms with Gasteiger partial charge in [0.25, 0.3) is 0 Å². The molecule has 0 spiro atoms. The second-order valence-corrected chi connectivity index (χ2v) is 17.6. The molecule has 1 aromatic heterocycles. The molecule has 0 fully saturated rings. The van der Waals surface area contributed by atoms with Crippen molar-refractivity contribution in [3.63, 3.8) is 0 Å². The summed E-state index contributed by atoms with van der Waals surface area (Å²) < 4.78 is 0. The fraction of sp³-hybridized carbons (Fsp3) is 0.500. The fourth-order valence-electron chi connectivity index (χ4n) is 2.07. The molecule has 0 amide bonds. The van der Waals surface area contributed by atoms with Crippen molar-refractivity contribution in [3.8, 4) is 0 Å². The average Bonchev–Trinajstić information content (AvgIpc) is 2.46. The van der Waals surface area contributed by atoms with Crippen LogP contribution in [0.2, 0.25) is 39.3 Å². The number of hydrogen-bond acceptors (Lipinski definition) is 1. The van der Waals surface area contributed by atoms with E-state index in [1.54, 1.807) is 4.82 Å². The van der Waals surface area contributed by atoms with Gasteiger partial charge in [-0.3, -0.25) is 0 Å². The molecule has 15 heavy (non-hydrogen) atoms. The van der Waals surface area contributed by atoms with Crippen molar-refractivity contribution in [3.05, 3.63) is 27.2 Å². The van der Waals surface area contributed by atoms with Crippen molar-refractivity contribution in [1.82, 2.24) is 0 Å². The standard InChI is InChI=1S/C12H22SSi2/c1-14(2,3)12(15(4,5)6)10-11-8-7-9-13-11/h7-10H,1-6H3. The third-order valence-electron chi connectivity index (χ3n) is 2.45. The first kappa shape index (κ1) is 12.9. The van der Waals surface area contributed by atoms with Crippen molar-refractivity contribution < 1.29 is 0 Å². The Balaban J connectivity index is 3.14. The maximum atomic E-state index is 2.48. The highest BCUT2D eigenvalue weighted by Gasteiger charge is 2.30. The van der Waals surface area contributed by atoms with Gasteiger partial charge in [0.1, 0.15) is 0 Å². The molecule has 1 heterocycles. The molecule has 0 aliphatic heterocycles. The lowest BCUT2D eigenvalue weighted by molar-refractivity contribution is 1.65. The van der Waals surface area contributed by atoms with Crippen LogP contribution in [0.3, 0.4) is 0 Å². The lowest BCUT2D eigenvalue weighted by Gasteiger charge is -2.31. The summed E-state index contributed by atoms with van der Waals surface area (Å²) in [6.07, 6.45) is 2.48. The minimum absolute atomic E-state index is 1.15. The number of hydrogen-bond donors (Lipinski definition) is 0. The highest BCUT2D eigenvalue weighted by atomic mass is 32.1. The molecule has 0 aliphatic rings. The van der Waals surface area contributed by atoms with Crippen LogP contribution < -0.4 is 0 Å². The van der Waals surface area contributed by atoms with E-state index in [1.807, 2.05) is 11.3 Å². The van der Waals surface area contributed by atoms with Crippen molar-refractivity contribution >= 4 is 33.6 Å². The second-order valence-electron chi connectivity index (χ2n) is 6.07. The Morgan fingerprint density at radius 3 is 1.93 bits per heavy atom. The van der Waals surface area contributed by atoms with Crippen molar-refractivity contribution in [1.29, 1.82) is 0 Å². The highest BCUT2D eigenvalue weighted by molar-refractivity contribution is 7.11. The van der Waals surface area contributed by atoms with Gasteiger partial charge in [0.2, 0.25) is 0 Å². The predicted molar refractivity (Wildman–Crippen MR) is 79.0 cm³/mol. The summed E-state index contributed by atoms with van der Waals surface area (Å²) in [7, 11) is -2.30. The van der Waals surface area contributed by atoms with E-state index in [2.05, 4.69) is 62.9 Å². The first-order chi connectivity index (χ1) is 6.71. The molecule has 1 aromatic rings. The van der Waals surface area contributed by atoms with Gasteiger partial charge in [-0.1, -0.05) is 56.2 Å². The van der Waals surface area contributed by atoms with Crippen molar-refractivity contribution in [2.24, 2.45) is 0 Å². The molecule has 3 heteroatoms. The minimum atomic E-state index is -1.15. The molecule has 0 saturated carbocycles. The molecule has 1 rings (SSSR count). The van der Waals surface area contributed by atoms with E-state index < -0.39 is 16.1 Å². The average molecular weight is 255 g/mol. The summed E-state index contributed by atoms with van der Waals surface area (Å²) in [5.74, 6) is 0. The SMILES string of the molecule is C[Si](C)(C)C(=Cc1cccs1)[Si](C)(C)C. The van der Waals surface area contributed by atoms with Crippen LogP contribution in [0.25, 0.3) is 6.08 Å². The smallest absolute Gasteiger partial charge is 0.0682 e. The summed E-state index contributed by atoms with van der Waals surface area (Å²) in [4.78, 5) is 3.22. The van der Waals surface area contributed by atoms with Crippen LogP contribution in [0.1, 0.15) is 4.88 Å². The van der Waals surface area contributed by atoms with Gasteiger partial charge < -0.3 is 0 Å². The van der Waals surface area contributed by atoms with Crippen LogP contribution in [-0.2, 0) is 0 Å². The summed E-state index contributed by atoms with van der Waals surface area (Å²) in [6, 6.07) is 4.37. The lowest BCUT2D eigenvalue weighted by Crippen LogP contribution is -2.39. The summed E-state index contributed by atoms with van der Waals surface area (Å²) in [5, 5.41) is 2.16. The molecule has 84 valence electrons. The predicted octanol–water partition coefficient (Wildman–Crippen LogP) is 4.89. The Morgan fingerprint density at radius 2 is 1.60 bits per heavy atom. The Bertz CT molecular complexity index is 321. The van der Waals surface area contributed by atoms with Gasteiger partial charge in [-0.25, -0.2) is 0 Å². The largest absolute Gasteiger partial charge is 0.145 e. The van der Waals surface area contributed by atoms with Gasteiger partial charge in [-0.2, -0.15) is 0 Å². The molecule has 0 aromatic carbocycles. The molecule has 0 atom stereocenters. The Hall–Kier alpha value is -0.126. The summed E-state index contributed by atoms with van der Waals surface area (Å²) in [6.45, 7) is 14.8. The van der Waals surface area contributed by atoms with E-state index in [-0.39, 0.29) is 0 Å². The Kier molecular flexibility index (Phi) is 3.79. The first-order valence-electron chi connectivity index (χ1n) is 5.47. The van der Waals surface area contributed by atoms with Crippen LogP contribution >= 0.6 is 11.3 Å². The van der Waals surface area contributed by atoms with Gasteiger partial charge in [0, 0.05) is 4.88 Å². The van der Waals surface area contributed by atoms with E-state index in [0.717, 1.165) is 0 Å². The van der Waals surface area contributed by atoms with Crippen LogP contribution in [0, 0.1) is 0 Å². The normalized spacial score (nSPS) is 12.7. The van der Waals surface area contributed by atoms with Gasteiger partial charge in [-0.15, -0.1) is 11.3 Å². The van der Waals surface area contributed by atoms with E-state index in [9.17, 15) is 0 Å². The summed E-state index contributed by atoms with van der Waals surface area (Å²) >= 11 is 1.85. The quantitative estimate of drug-likeness (QED) is 0.674. The van der Waals surface area contributed by atoms with Crippen LogP contribution in [0.15, 0.2) is 22.3 Å². The molecule has 0 unspecified atom stereocenters. The minimum Gasteiger partial charge on any atom is -0.145 e. The molecular formula is C12H22SSi2. The molecule has 0 saturated heterocycles. The Morgan fingerprint density at radius 1 is 1.07 bits per heavy atom. The first-order valence-corrected chi connectivity index (χ1v) is 13.4. The lowest BCUT2D eigenvalue weighted by atomic mass is 10.5. The van der Waals surface area contributed by atoms with E-state index in [1.165, 1.54) is 4.88 Å². The molecule has 0 bridgehead atoms. The summed E-state index contributed by atoms with van der Waals surface area (Å²) in [5.41, 5.74) is 0. The maximum absolute atomic E-state index is 2.48. The number of thiophene rings is 1.